The first-order valence-corrected chi connectivity index (χ1v) is 5.99. The van der Waals surface area contributed by atoms with Crippen molar-refractivity contribution in [3.05, 3.63) is 53.6 Å². The molecule has 1 heterocycles. The third-order valence-corrected chi connectivity index (χ3v) is 2.71. The van der Waals surface area contributed by atoms with Gasteiger partial charge in [0.2, 0.25) is 0 Å². The Morgan fingerprint density at radius 2 is 2.15 bits per heavy atom. The van der Waals surface area contributed by atoms with E-state index in [1.165, 1.54) is 6.07 Å². The minimum atomic E-state index is -0.725. The van der Waals surface area contributed by atoms with Crippen molar-refractivity contribution in [1.29, 1.82) is 0 Å². The third-order valence-electron chi connectivity index (χ3n) is 2.71. The van der Waals surface area contributed by atoms with E-state index in [4.69, 9.17) is 16.2 Å². The Labute approximate surface area is 115 Å². The molecule has 6 heteroatoms. The zero-order valence-corrected chi connectivity index (χ0v) is 10.7. The van der Waals surface area contributed by atoms with E-state index in [9.17, 15) is 9.18 Å². The Morgan fingerprint density at radius 3 is 2.80 bits per heavy atom. The molecule has 4 N–H and O–H groups in total. The molecule has 0 spiro atoms. The number of carbonyl (C=O) groups excluding carboxylic acids is 1. The van der Waals surface area contributed by atoms with Crippen molar-refractivity contribution in [1.82, 2.24) is 4.98 Å². The predicted octanol–water partition coefficient (Wildman–Crippen LogP) is 1.52. The molecule has 1 amide bonds. The number of ether oxygens (including phenoxy) is 1. The highest BCUT2D eigenvalue weighted by Gasteiger charge is 2.12. The van der Waals surface area contributed by atoms with Crippen molar-refractivity contribution < 1.29 is 13.9 Å². The molecule has 0 aliphatic rings. The molecule has 0 bridgehead atoms. The van der Waals surface area contributed by atoms with Crippen LogP contribution in [0.15, 0.2) is 36.5 Å². The summed E-state index contributed by atoms with van der Waals surface area (Å²) >= 11 is 0. The summed E-state index contributed by atoms with van der Waals surface area (Å²) in [6.07, 6.45) is 2.20. The second kappa shape index (κ2) is 6.01. The molecule has 2 aromatic rings. The number of amides is 1. The average Bonchev–Trinajstić information content (AvgIpc) is 2.42. The zero-order valence-electron chi connectivity index (χ0n) is 10.7. The molecule has 0 saturated heterocycles. The number of nitrogens with two attached hydrogens (primary N) is 2. The molecule has 0 saturated carbocycles. The zero-order chi connectivity index (χ0) is 14.5. The highest BCUT2D eigenvalue weighted by atomic mass is 19.1. The smallest absolute Gasteiger partial charge is 0.250 e. The number of halogens is 1. The lowest BCUT2D eigenvalue weighted by atomic mass is 10.1. The lowest BCUT2D eigenvalue weighted by Gasteiger charge is -2.10. The van der Waals surface area contributed by atoms with Crippen LogP contribution in [0.1, 0.15) is 16.1 Å². The Kier molecular flexibility index (Phi) is 4.14. The van der Waals surface area contributed by atoms with Gasteiger partial charge in [0.25, 0.3) is 5.91 Å². The van der Waals surface area contributed by atoms with Gasteiger partial charge in [-0.3, -0.25) is 9.78 Å². The molecule has 2 rings (SSSR count). The van der Waals surface area contributed by atoms with Crippen LogP contribution < -0.4 is 16.2 Å². The SMILES string of the molecule is NC(=O)c1cc(OCCc2ccccn2)c(F)cc1N. The van der Waals surface area contributed by atoms with E-state index in [0.717, 1.165) is 11.8 Å². The first-order valence-electron chi connectivity index (χ1n) is 5.99. The fourth-order valence-electron chi connectivity index (χ4n) is 1.70. The number of primary amides is 1. The number of benzene rings is 1. The van der Waals surface area contributed by atoms with Crippen molar-refractivity contribution in [3.8, 4) is 5.75 Å². The van der Waals surface area contributed by atoms with Gasteiger partial charge in [-0.2, -0.15) is 0 Å². The predicted molar refractivity (Wildman–Crippen MR) is 72.8 cm³/mol. The first kappa shape index (κ1) is 13.8. The van der Waals surface area contributed by atoms with Crippen molar-refractivity contribution >= 4 is 11.6 Å². The number of nitrogen functional groups attached to an aromatic ring is 1. The van der Waals surface area contributed by atoms with Gasteiger partial charge in [0.05, 0.1) is 12.2 Å². The van der Waals surface area contributed by atoms with E-state index >= 15 is 0 Å². The molecule has 0 fully saturated rings. The summed E-state index contributed by atoms with van der Waals surface area (Å²) in [6.45, 7) is 0.232. The van der Waals surface area contributed by atoms with Gasteiger partial charge in [-0.25, -0.2) is 4.39 Å². The van der Waals surface area contributed by atoms with Gasteiger partial charge >= 0.3 is 0 Å². The molecule has 5 nitrogen and oxygen atoms in total. The number of aromatic nitrogens is 1. The van der Waals surface area contributed by atoms with Crippen LogP contribution in [-0.4, -0.2) is 17.5 Å². The summed E-state index contributed by atoms with van der Waals surface area (Å²) in [5.41, 5.74) is 11.5. The monoisotopic (exact) mass is 275 g/mol. The van der Waals surface area contributed by atoms with Gasteiger partial charge in [0, 0.05) is 30.1 Å². The highest BCUT2D eigenvalue weighted by molar-refractivity contribution is 5.98. The van der Waals surface area contributed by atoms with Gasteiger partial charge in [-0.1, -0.05) is 6.07 Å². The van der Waals surface area contributed by atoms with Crippen molar-refractivity contribution in [2.24, 2.45) is 5.73 Å². The topological polar surface area (TPSA) is 91.2 Å². The van der Waals surface area contributed by atoms with Crippen LogP contribution in [0.5, 0.6) is 5.75 Å². The molecule has 0 aliphatic carbocycles. The minimum absolute atomic E-state index is 0.00734. The molecule has 0 radical (unpaired) electrons. The molecule has 20 heavy (non-hydrogen) atoms. The maximum Gasteiger partial charge on any atom is 0.250 e. The van der Waals surface area contributed by atoms with Crippen LogP contribution in [0.4, 0.5) is 10.1 Å². The first-order chi connectivity index (χ1) is 9.58. The molecule has 0 aliphatic heterocycles. The van der Waals surface area contributed by atoms with Crippen LogP contribution >= 0.6 is 0 Å². The minimum Gasteiger partial charge on any atom is -0.490 e. The van der Waals surface area contributed by atoms with E-state index in [2.05, 4.69) is 4.98 Å². The second-order valence-corrected chi connectivity index (χ2v) is 4.15. The highest BCUT2D eigenvalue weighted by Crippen LogP contribution is 2.24. The quantitative estimate of drug-likeness (QED) is 0.809. The lowest BCUT2D eigenvalue weighted by Crippen LogP contribution is -2.14. The number of pyridine rings is 1. The summed E-state index contributed by atoms with van der Waals surface area (Å²) in [5, 5.41) is 0. The summed E-state index contributed by atoms with van der Waals surface area (Å²) in [6, 6.07) is 7.75. The van der Waals surface area contributed by atoms with E-state index in [0.29, 0.717) is 6.42 Å². The van der Waals surface area contributed by atoms with Gasteiger partial charge in [0.15, 0.2) is 11.6 Å². The fraction of sp³-hybridized carbons (Fsp3) is 0.143. The Balaban J connectivity index is 2.06. The lowest BCUT2D eigenvalue weighted by molar-refractivity contribution is 0.100. The van der Waals surface area contributed by atoms with Crippen LogP contribution in [0.3, 0.4) is 0 Å². The summed E-state index contributed by atoms with van der Waals surface area (Å²) in [5.74, 6) is -1.41. The molecule has 1 aromatic carbocycles. The van der Waals surface area contributed by atoms with Crippen molar-refractivity contribution in [2.45, 2.75) is 6.42 Å². The standard InChI is InChI=1S/C14H14FN3O2/c15-11-8-12(16)10(14(17)19)7-13(11)20-6-4-9-3-1-2-5-18-9/h1-3,5,7-8H,4,6,16H2,(H2,17,19). The fourth-order valence-corrected chi connectivity index (χ4v) is 1.70. The molecular formula is C14H14FN3O2. The number of carbonyl (C=O) groups is 1. The summed E-state index contributed by atoms with van der Waals surface area (Å²) in [7, 11) is 0. The van der Waals surface area contributed by atoms with Gasteiger partial charge in [0.1, 0.15) is 0 Å². The van der Waals surface area contributed by atoms with Crippen LogP contribution in [0.25, 0.3) is 0 Å². The number of hydrogen-bond donors (Lipinski definition) is 2. The van der Waals surface area contributed by atoms with E-state index in [1.54, 1.807) is 6.20 Å². The van der Waals surface area contributed by atoms with Crippen molar-refractivity contribution in [2.75, 3.05) is 12.3 Å². The molecule has 0 atom stereocenters. The van der Waals surface area contributed by atoms with Gasteiger partial charge in [-0.05, 0) is 18.2 Å². The van der Waals surface area contributed by atoms with Crippen molar-refractivity contribution in [3.63, 3.8) is 0 Å². The molecular weight excluding hydrogens is 261 g/mol. The second-order valence-electron chi connectivity index (χ2n) is 4.15. The summed E-state index contributed by atoms with van der Waals surface area (Å²) in [4.78, 5) is 15.3. The Bertz CT molecular complexity index is 617. The van der Waals surface area contributed by atoms with Crippen LogP contribution in [0, 0.1) is 5.82 Å². The van der Waals surface area contributed by atoms with E-state index in [1.807, 2.05) is 18.2 Å². The maximum atomic E-state index is 13.6. The van der Waals surface area contributed by atoms with E-state index in [-0.39, 0.29) is 23.6 Å². The van der Waals surface area contributed by atoms with Gasteiger partial charge in [-0.15, -0.1) is 0 Å². The maximum absolute atomic E-state index is 13.6. The number of anilines is 1. The Morgan fingerprint density at radius 1 is 1.35 bits per heavy atom. The normalized spacial score (nSPS) is 10.2. The van der Waals surface area contributed by atoms with E-state index < -0.39 is 11.7 Å². The van der Waals surface area contributed by atoms with Gasteiger partial charge < -0.3 is 16.2 Å². The van der Waals surface area contributed by atoms with Crippen LogP contribution in [-0.2, 0) is 6.42 Å². The number of rotatable bonds is 5. The number of hydrogen-bond acceptors (Lipinski definition) is 4. The molecule has 104 valence electrons. The third kappa shape index (κ3) is 3.23. The average molecular weight is 275 g/mol. The summed E-state index contributed by atoms with van der Waals surface area (Å²) < 4.78 is 19.0. The largest absolute Gasteiger partial charge is 0.490 e. The molecule has 1 aromatic heterocycles. The molecule has 0 unspecified atom stereocenters. The van der Waals surface area contributed by atoms with Crippen LogP contribution in [0.2, 0.25) is 0 Å². The Hall–Kier alpha value is -2.63. The number of nitrogens with zero attached hydrogens (tertiary/aromatic N) is 1.